The molecule has 27 heavy (non-hydrogen) atoms. The fraction of sp³-hybridized carbons (Fsp3) is 0.333. The number of hydrogen-bond donors (Lipinski definition) is 1. The van der Waals surface area contributed by atoms with Crippen molar-refractivity contribution in [2.45, 2.75) is 31.7 Å². The molecule has 2 rings (SSSR count). The van der Waals surface area contributed by atoms with Gasteiger partial charge in [-0.3, -0.25) is 9.59 Å². The summed E-state index contributed by atoms with van der Waals surface area (Å²) in [6, 6.07) is 17.0. The third-order valence-electron chi connectivity index (χ3n) is 4.23. The predicted octanol–water partition coefficient (Wildman–Crippen LogP) is 4.13. The smallest absolute Gasteiger partial charge is 0.242 e. The lowest BCUT2D eigenvalue weighted by Gasteiger charge is -2.28. The second kappa shape index (κ2) is 11.0. The van der Waals surface area contributed by atoms with Crippen LogP contribution in [0.3, 0.4) is 0 Å². The highest BCUT2D eigenvalue weighted by Crippen LogP contribution is 2.17. The summed E-state index contributed by atoms with van der Waals surface area (Å²) in [5, 5.41) is 3.24. The summed E-state index contributed by atoms with van der Waals surface area (Å²) in [6.45, 7) is 2.11. The van der Waals surface area contributed by atoms with Crippen LogP contribution in [0.4, 0.5) is 0 Å². The van der Waals surface area contributed by atoms with Crippen LogP contribution < -0.4 is 5.32 Å². The molecule has 6 heteroatoms. The minimum absolute atomic E-state index is 0.0355. The molecule has 144 valence electrons. The van der Waals surface area contributed by atoms with Crippen LogP contribution in [0.5, 0.6) is 0 Å². The van der Waals surface area contributed by atoms with Crippen molar-refractivity contribution in [3.8, 4) is 0 Å². The van der Waals surface area contributed by atoms with Crippen molar-refractivity contribution in [2.24, 2.45) is 0 Å². The van der Waals surface area contributed by atoms with Gasteiger partial charge in [-0.2, -0.15) is 11.8 Å². The molecule has 0 spiro atoms. The summed E-state index contributed by atoms with van der Waals surface area (Å²) >= 11 is 7.77. The van der Waals surface area contributed by atoms with Gasteiger partial charge in [0.2, 0.25) is 11.8 Å². The van der Waals surface area contributed by atoms with E-state index in [1.807, 2.05) is 36.4 Å². The lowest BCUT2D eigenvalue weighted by Crippen LogP contribution is -2.46. The Labute approximate surface area is 170 Å². The molecule has 2 aromatic carbocycles. The van der Waals surface area contributed by atoms with Crippen LogP contribution in [0.1, 0.15) is 24.5 Å². The summed E-state index contributed by atoms with van der Waals surface area (Å²) < 4.78 is 0. The van der Waals surface area contributed by atoms with Gasteiger partial charge in [-0.1, -0.05) is 54.1 Å². The molecule has 0 saturated carbocycles. The Morgan fingerprint density at radius 1 is 1.11 bits per heavy atom. The molecule has 4 nitrogen and oxygen atoms in total. The van der Waals surface area contributed by atoms with Crippen LogP contribution in [0.2, 0.25) is 5.02 Å². The van der Waals surface area contributed by atoms with Crippen LogP contribution in [0, 0.1) is 0 Å². The maximum atomic E-state index is 12.8. The second-order valence-electron chi connectivity index (χ2n) is 6.23. The maximum absolute atomic E-state index is 12.8. The topological polar surface area (TPSA) is 49.4 Å². The SMILES string of the molecule is CNC(=O)[C@H](C)N(Cc1cccc(Cl)c1)C(=O)CCSCc1ccccc1. The second-order valence-corrected chi connectivity index (χ2v) is 7.77. The molecule has 1 atom stereocenters. The average molecular weight is 405 g/mol. The van der Waals surface area contributed by atoms with E-state index in [4.69, 9.17) is 11.6 Å². The van der Waals surface area contributed by atoms with Gasteiger partial charge in [0.1, 0.15) is 6.04 Å². The van der Waals surface area contributed by atoms with Crippen molar-refractivity contribution in [3.63, 3.8) is 0 Å². The van der Waals surface area contributed by atoms with Gasteiger partial charge in [0.15, 0.2) is 0 Å². The Morgan fingerprint density at radius 2 is 1.81 bits per heavy atom. The van der Waals surface area contributed by atoms with Crippen LogP contribution in [-0.4, -0.2) is 35.6 Å². The first-order valence-electron chi connectivity index (χ1n) is 8.88. The van der Waals surface area contributed by atoms with E-state index in [1.165, 1.54) is 5.56 Å². The third-order valence-corrected chi connectivity index (χ3v) is 5.49. The predicted molar refractivity (Wildman–Crippen MR) is 113 cm³/mol. The number of carbonyl (C=O) groups is 2. The molecular weight excluding hydrogens is 380 g/mol. The van der Waals surface area contributed by atoms with Gasteiger partial charge in [0.05, 0.1) is 0 Å². The van der Waals surface area contributed by atoms with E-state index in [1.54, 1.807) is 36.7 Å². The number of amides is 2. The van der Waals surface area contributed by atoms with Gasteiger partial charge < -0.3 is 10.2 Å². The van der Waals surface area contributed by atoms with Crippen LogP contribution in [0.15, 0.2) is 54.6 Å². The molecule has 0 aliphatic heterocycles. The fourth-order valence-corrected chi connectivity index (χ4v) is 3.80. The zero-order valence-corrected chi connectivity index (χ0v) is 17.2. The maximum Gasteiger partial charge on any atom is 0.242 e. The van der Waals surface area contributed by atoms with E-state index in [2.05, 4.69) is 17.4 Å². The Balaban J connectivity index is 1.96. The molecule has 0 saturated heterocycles. The Kier molecular flexibility index (Phi) is 8.69. The third kappa shape index (κ3) is 6.92. The number of hydrogen-bond acceptors (Lipinski definition) is 3. The lowest BCUT2D eigenvalue weighted by atomic mass is 10.1. The molecule has 0 aromatic heterocycles. The van der Waals surface area contributed by atoms with Crippen LogP contribution in [0.25, 0.3) is 0 Å². The van der Waals surface area contributed by atoms with E-state index < -0.39 is 6.04 Å². The van der Waals surface area contributed by atoms with Gasteiger partial charge >= 0.3 is 0 Å². The number of rotatable bonds is 9. The largest absolute Gasteiger partial charge is 0.357 e. The molecule has 0 aliphatic rings. The number of thioether (sulfide) groups is 1. The molecule has 1 N–H and O–H groups in total. The molecule has 0 radical (unpaired) electrons. The van der Waals surface area contributed by atoms with Crippen molar-refractivity contribution in [1.29, 1.82) is 0 Å². The first-order chi connectivity index (χ1) is 13.0. The first kappa shape index (κ1) is 21.3. The molecule has 0 fully saturated rings. The lowest BCUT2D eigenvalue weighted by molar-refractivity contribution is -0.140. The number of nitrogens with zero attached hydrogens (tertiary/aromatic N) is 1. The summed E-state index contributed by atoms with van der Waals surface area (Å²) in [6.07, 6.45) is 0.388. The van der Waals surface area contributed by atoms with Crippen LogP contribution >= 0.6 is 23.4 Å². The van der Waals surface area contributed by atoms with Crippen molar-refractivity contribution >= 4 is 35.2 Å². The van der Waals surface area contributed by atoms with Gasteiger partial charge in [0, 0.05) is 36.5 Å². The first-order valence-corrected chi connectivity index (χ1v) is 10.4. The molecule has 2 aromatic rings. The normalized spacial score (nSPS) is 11.7. The van der Waals surface area contributed by atoms with Crippen molar-refractivity contribution in [1.82, 2.24) is 10.2 Å². The molecule has 0 aliphatic carbocycles. The van der Waals surface area contributed by atoms with E-state index >= 15 is 0 Å². The number of nitrogens with one attached hydrogen (secondary N) is 1. The highest BCUT2D eigenvalue weighted by molar-refractivity contribution is 7.98. The summed E-state index contributed by atoms with van der Waals surface area (Å²) in [7, 11) is 1.58. The minimum Gasteiger partial charge on any atom is -0.357 e. The summed E-state index contributed by atoms with van der Waals surface area (Å²) in [5.41, 5.74) is 2.15. The number of carbonyl (C=O) groups excluding carboxylic acids is 2. The van der Waals surface area contributed by atoms with Gasteiger partial charge in [0.25, 0.3) is 0 Å². The highest BCUT2D eigenvalue weighted by atomic mass is 35.5. The molecule has 2 amide bonds. The van der Waals surface area contributed by atoms with E-state index in [-0.39, 0.29) is 11.8 Å². The zero-order chi connectivity index (χ0) is 19.6. The number of likely N-dealkylation sites (N-methyl/N-ethyl adjacent to an activating group) is 1. The minimum atomic E-state index is -0.541. The molecule has 0 bridgehead atoms. The average Bonchev–Trinajstić information content (AvgIpc) is 2.69. The Morgan fingerprint density at radius 3 is 2.48 bits per heavy atom. The van der Waals surface area contributed by atoms with Gasteiger partial charge in [-0.05, 0) is 30.2 Å². The van der Waals surface area contributed by atoms with E-state index in [9.17, 15) is 9.59 Å². The summed E-state index contributed by atoms with van der Waals surface area (Å²) in [4.78, 5) is 26.5. The van der Waals surface area contributed by atoms with Crippen molar-refractivity contribution in [3.05, 3.63) is 70.7 Å². The van der Waals surface area contributed by atoms with Crippen LogP contribution in [-0.2, 0) is 21.9 Å². The highest BCUT2D eigenvalue weighted by Gasteiger charge is 2.25. The van der Waals surface area contributed by atoms with E-state index in [0.29, 0.717) is 23.7 Å². The van der Waals surface area contributed by atoms with E-state index in [0.717, 1.165) is 11.3 Å². The fourth-order valence-electron chi connectivity index (χ4n) is 2.69. The van der Waals surface area contributed by atoms with Gasteiger partial charge in [-0.25, -0.2) is 0 Å². The van der Waals surface area contributed by atoms with Crippen molar-refractivity contribution < 1.29 is 9.59 Å². The summed E-state index contributed by atoms with van der Waals surface area (Å²) in [5.74, 6) is 1.36. The Bertz CT molecular complexity index is 755. The Hall–Kier alpha value is -1.98. The molecule has 0 heterocycles. The molecular formula is C21H25ClN2O2S. The monoisotopic (exact) mass is 404 g/mol. The number of benzene rings is 2. The molecule has 0 unspecified atom stereocenters. The standard InChI is InChI=1S/C21H25ClN2O2S/c1-16(21(26)23-2)24(14-18-9-6-10-19(22)13-18)20(25)11-12-27-15-17-7-4-3-5-8-17/h3-10,13,16H,11-12,14-15H2,1-2H3,(H,23,26)/t16-/m0/s1. The van der Waals surface area contributed by atoms with Gasteiger partial charge in [-0.15, -0.1) is 0 Å². The van der Waals surface area contributed by atoms with Crippen molar-refractivity contribution in [2.75, 3.05) is 12.8 Å². The zero-order valence-electron chi connectivity index (χ0n) is 15.7. The quantitative estimate of drug-likeness (QED) is 0.639. The number of halogens is 1.